The average molecular weight is 304 g/mol. The van der Waals surface area contributed by atoms with Gasteiger partial charge in [0.25, 0.3) is 0 Å². The normalized spacial score (nSPS) is 19.4. The van der Waals surface area contributed by atoms with Gasteiger partial charge in [0.15, 0.2) is 0 Å². The van der Waals surface area contributed by atoms with Gasteiger partial charge in [-0.3, -0.25) is 0 Å². The highest BCUT2D eigenvalue weighted by Gasteiger charge is 2.22. The second-order valence-corrected chi connectivity index (χ2v) is 6.26. The summed E-state index contributed by atoms with van der Waals surface area (Å²) < 4.78 is 0. The van der Waals surface area contributed by atoms with Crippen LogP contribution < -0.4 is 4.90 Å². The number of likely N-dealkylation sites (N-methyl/N-ethyl adjacent to an activating group) is 1. The molecule has 0 saturated carbocycles. The number of hydrogen-bond donors (Lipinski definition) is 0. The molecule has 0 aliphatic carbocycles. The van der Waals surface area contributed by atoms with Crippen molar-refractivity contribution >= 4 is 28.3 Å². The zero-order valence-corrected chi connectivity index (χ0v) is 13.5. The summed E-state index contributed by atoms with van der Waals surface area (Å²) in [5.41, 5.74) is 2.21. The van der Waals surface area contributed by atoms with E-state index in [1.807, 2.05) is 12.1 Å². The van der Waals surface area contributed by atoms with Crippen molar-refractivity contribution in [2.45, 2.75) is 24.8 Å². The van der Waals surface area contributed by atoms with E-state index in [-0.39, 0.29) is 0 Å². The van der Waals surface area contributed by atoms with Crippen molar-refractivity contribution in [2.24, 2.45) is 0 Å². The summed E-state index contributed by atoms with van der Waals surface area (Å²) in [4.78, 5) is 9.56. The molecule has 1 aliphatic rings. The number of pyridine rings is 1. The van der Waals surface area contributed by atoms with Crippen LogP contribution in [0.3, 0.4) is 0 Å². The lowest BCUT2D eigenvalue weighted by Crippen LogP contribution is -2.45. The fraction of sp³-hybridized carbons (Fsp3) is 0.471. The Morgan fingerprint density at radius 1 is 1.33 bits per heavy atom. The molecule has 1 saturated heterocycles. The first-order valence-electron chi connectivity index (χ1n) is 7.55. The molecule has 1 atom stereocenters. The maximum Gasteiger partial charge on any atom is 0.129 e. The Bertz CT molecular complexity index is 626. The van der Waals surface area contributed by atoms with Crippen LogP contribution >= 0.6 is 11.6 Å². The van der Waals surface area contributed by atoms with Crippen molar-refractivity contribution in [1.29, 1.82) is 0 Å². The first kappa shape index (κ1) is 14.6. The van der Waals surface area contributed by atoms with Gasteiger partial charge in [0.1, 0.15) is 5.82 Å². The van der Waals surface area contributed by atoms with Gasteiger partial charge in [-0.05, 0) is 44.6 Å². The van der Waals surface area contributed by atoms with Crippen LogP contribution in [-0.2, 0) is 5.88 Å². The molecule has 112 valence electrons. The smallest absolute Gasteiger partial charge is 0.129 e. The van der Waals surface area contributed by atoms with E-state index in [0.717, 1.165) is 29.8 Å². The van der Waals surface area contributed by atoms with Gasteiger partial charge in [-0.15, -0.1) is 11.6 Å². The summed E-state index contributed by atoms with van der Waals surface area (Å²) >= 11 is 6.14. The molecule has 0 spiro atoms. The van der Waals surface area contributed by atoms with Gasteiger partial charge in [-0.25, -0.2) is 4.98 Å². The Kier molecular flexibility index (Phi) is 4.32. The maximum atomic E-state index is 6.14. The minimum Gasteiger partial charge on any atom is -0.355 e. The third kappa shape index (κ3) is 2.99. The molecule has 21 heavy (non-hydrogen) atoms. The standard InChI is InChI=1S/C17H22ClN3/c1-20(2)14-6-5-9-21(12-14)17-10-13(11-18)15-7-3-4-8-16(15)19-17/h3-4,7-8,10,14H,5-6,9,11-12H2,1-2H3. The van der Waals surface area contributed by atoms with Crippen molar-refractivity contribution in [3.63, 3.8) is 0 Å². The van der Waals surface area contributed by atoms with Gasteiger partial charge >= 0.3 is 0 Å². The Morgan fingerprint density at radius 2 is 2.14 bits per heavy atom. The van der Waals surface area contributed by atoms with E-state index in [0.29, 0.717) is 11.9 Å². The van der Waals surface area contributed by atoms with Crippen molar-refractivity contribution in [3.8, 4) is 0 Å². The molecule has 1 aliphatic heterocycles. The van der Waals surface area contributed by atoms with Crippen LogP contribution in [0.5, 0.6) is 0 Å². The fourth-order valence-electron chi connectivity index (χ4n) is 3.09. The number of nitrogens with zero attached hydrogens (tertiary/aromatic N) is 3. The molecule has 2 heterocycles. The van der Waals surface area contributed by atoms with Crippen molar-refractivity contribution in [1.82, 2.24) is 9.88 Å². The Balaban J connectivity index is 1.96. The predicted molar refractivity (Wildman–Crippen MR) is 90.2 cm³/mol. The van der Waals surface area contributed by atoms with Crippen LogP contribution in [0.25, 0.3) is 10.9 Å². The summed E-state index contributed by atoms with van der Waals surface area (Å²) in [7, 11) is 4.32. The van der Waals surface area contributed by atoms with E-state index in [2.05, 4.69) is 42.1 Å². The van der Waals surface area contributed by atoms with Gasteiger partial charge in [0.2, 0.25) is 0 Å². The van der Waals surface area contributed by atoms with Crippen molar-refractivity contribution < 1.29 is 0 Å². The molecule has 0 bridgehead atoms. The molecular weight excluding hydrogens is 282 g/mol. The van der Waals surface area contributed by atoms with Crippen LogP contribution in [0.2, 0.25) is 0 Å². The van der Waals surface area contributed by atoms with Gasteiger partial charge in [-0.2, -0.15) is 0 Å². The second-order valence-electron chi connectivity index (χ2n) is 6.00. The quantitative estimate of drug-likeness (QED) is 0.809. The number of fused-ring (bicyclic) bond motifs is 1. The number of hydrogen-bond acceptors (Lipinski definition) is 3. The second kappa shape index (κ2) is 6.20. The number of piperidine rings is 1. The number of aromatic nitrogens is 1. The summed E-state index contributed by atoms with van der Waals surface area (Å²) in [5.74, 6) is 1.59. The minimum atomic E-state index is 0.529. The highest BCUT2D eigenvalue weighted by atomic mass is 35.5. The Morgan fingerprint density at radius 3 is 2.90 bits per heavy atom. The van der Waals surface area contributed by atoms with Crippen LogP contribution in [0.15, 0.2) is 30.3 Å². The van der Waals surface area contributed by atoms with Gasteiger partial charge in [-0.1, -0.05) is 18.2 Å². The largest absolute Gasteiger partial charge is 0.355 e. The first-order chi connectivity index (χ1) is 10.2. The fourth-order valence-corrected chi connectivity index (χ4v) is 3.31. The minimum absolute atomic E-state index is 0.529. The Labute approximate surface area is 131 Å². The molecule has 0 N–H and O–H groups in total. The van der Waals surface area contributed by atoms with Crippen LogP contribution in [0.1, 0.15) is 18.4 Å². The lowest BCUT2D eigenvalue weighted by Gasteiger charge is -2.37. The molecule has 1 unspecified atom stereocenters. The van der Waals surface area contributed by atoms with Gasteiger partial charge < -0.3 is 9.80 Å². The van der Waals surface area contributed by atoms with E-state index in [9.17, 15) is 0 Å². The lowest BCUT2D eigenvalue weighted by atomic mass is 10.0. The number of rotatable bonds is 3. The number of halogens is 1. The van der Waals surface area contributed by atoms with E-state index in [1.165, 1.54) is 18.4 Å². The van der Waals surface area contributed by atoms with E-state index in [4.69, 9.17) is 16.6 Å². The summed E-state index contributed by atoms with van der Waals surface area (Å²) in [5, 5.41) is 1.16. The maximum absolute atomic E-state index is 6.14. The number of anilines is 1. The zero-order chi connectivity index (χ0) is 14.8. The molecule has 4 heteroatoms. The van der Waals surface area contributed by atoms with Crippen molar-refractivity contribution in [3.05, 3.63) is 35.9 Å². The zero-order valence-electron chi connectivity index (χ0n) is 12.7. The molecule has 2 aromatic rings. The molecule has 0 amide bonds. The summed E-state index contributed by atoms with van der Waals surface area (Å²) in [6, 6.07) is 11.0. The monoisotopic (exact) mass is 303 g/mol. The third-order valence-corrected chi connectivity index (χ3v) is 4.67. The molecule has 1 aromatic heterocycles. The van der Waals surface area contributed by atoms with Gasteiger partial charge in [0, 0.05) is 30.4 Å². The molecule has 1 aromatic carbocycles. The molecule has 3 nitrogen and oxygen atoms in total. The van der Waals surface area contributed by atoms with Crippen LogP contribution in [0.4, 0.5) is 5.82 Å². The molecule has 1 fully saturated rings. The molecule has 3 rings (SSSR count). The van der Waals surface area contributed by atoms with E-state index < -0.39 is 0 Å². The summed E-state index contributed by atoms with van der Waals surface area (Å²) in [6.07, 6.45) is 2.48. The number of alkyl halides is 1. The average Bonchev–Trinajstić information content (AvgIpc) is 2.53. The predicted octanol–water partition coefficient (Wildman–Crippen LogP) is 3.50. The van der Waals surface area contributed by atoms with Crippen molar-refractivity contribution in [2.75, 3.05) is 32.1 Å². The highest BCUT2D eigenvalue weighted by Crippen LogP contribution is 2.26. The number of benzene rings is 1. The summed E-state index contributed by atoms with van der Waals surface area (Å²) in [6.45, 7) is 2.12. The number of para-hydroxylation sites is 1. The lowest BCUT2D eigenvalue weighted by molar-refractivity contribution is 0.257. The Hall–Kier alpha value is -1.32. The highest BCUT2D eigenvalue weighted by molar-refractivity contribution is 6.18. The topological polar surface area (TPSA) is 19.4 Å². The van der Waals surface area contributed by atoms with Crippen LogP contribution in [-0.4, -0.2) is 43.1 Å². The third-order valence-electron chi connectivity index (χ3n) is 4.38. The van der Waals surface area contributed by atoms with E-state index >= 15 is 0 Å². The van der Waals surface area contributed by atoms with E-state index in [1.54, 1.807) is 0 Å². The van der Waals surface area contributed by atoms with Gasteiger partial charge in [0.05, 0.1) is 5.52 Å². The molecular formula is C17H22ClN3. The van der Waals surface area contributed by atoms with Crippen LogP contribution in [0, 0.1) is 0 Å². The first-order valence-corrected chi connectivity index (χ1v) is 8.08. The molecule has 0 radical (unpaired) electrons. The SMILES string of the molecule is CN(C)C1CCCN(c2cc(CCl)c3ccccc3n2)C1.